The summed E-state index contributed by atoms with van der Waals surface area (Å²) in [5, 5.41) is 2.83. The van der Waals surface area contributed by atoms with E-state index < -0.39 is 18.6 Å². The summed E-state index contributed by atoms with van der Waals surface area (Å²) in [6.45, 7) is 5.32. The highest BCUT2D eigenvalue weighted by atomic mass is 19.3. The number of anilines is 1. The molecule has 34 heavy (non-hydrogen) atoms. The normalized spacial score (nSPS) is 15.6. The molecule has 1 aliphatic heterocycles. The van der Waals surface area contributed by atoms with E-state index in [9.17, 15) is 18.0 Å². The van der Waals surface area contributed by atoms with Gasteiger partial charge in [-0.15, -0.1) is 0 Å². The lowest BCUT2D eigenvalue weighted by Gasteiger charge is -2.37. The molecule has 1 atom stereocenters. The molecule has 1 saturated heterocycles. The minimum absolute atomic E-state index is 0.129. The van der Waals surface area contributed by atoms with Gasteiger partial charge in [-0.3, -0.25) is 4.79 Å². The predicted molar refractivity (Wildman–Crippen MR) is 126 cm³/mol. The van der Waals surface area contributed by atoms with E-state index in [1.165, 1.54) is 43.5 Å². The van der Waals surface area contributed by atoms with Crippen LogP contribution in [-0.2, 0) is 4.79 Å². The van der Waals surface area contributed by atoms with Crippen molar-refractivity contribution in [2.24, 2.45) is 0 Å². The van der Waals surface area contributed by atoms with Gasteiger partial charge >= 0.3 is 6.61 Å². The van der Waals surface area contributed by atoms with E-state index in [1.807, 2.05) is 0 Å². The summed E-state index contributed by atoms with van der Waals surface area (Å²) in [6, 6.07) is 8.76. The van der Waals surface area contributed by atoms with Crippen molar-refractivity contribution in [3.63, 3.8) is 0 Å². The first-order valence-electron chi connectivity index (χ1n) is 11.2. The zero-order chi connectivity index (χ0) is 24.7. The summed E-state index contributed by atoms with van der Waals surface area (Å²) in [4.78, 5) is 17.2. The van der Waals surface area contributed by atoms with Crippen LogP contribution in [0.4, 0.5) is 18.9 Å². The Balaban J connectivity index is 1.74. The van der Waals surface area contributed by atoms with E-state index in [0.29, 0.717) is 5.56 Å². The Morgan fingerprint density at radius 2 is 1.91 bits per heavy atom. The summed E-state index contributed by atoms with van der Waals surface area (Å²) in [5.74, 6) is -0.864. The van der Waals surface area contributed by atoms with Crippen molar-refractivity contribution >= 4 is 17.7 Å². The number of piperazine rings is 1. The van der Waals surface area contributed by atoms with E-state index in [0.717, 1.165) is 38.4 Å². The molecule has 184 valence electrons. The second-order valence-corrected chi connectivity index (χ2v) is 7.95. The number of para-hydroxylation sites is 1. The van der Waals surface area contributed by atoms with E-state index in [-0.39, 0.29) is 22.9 Å². The standard InChI is InChI=1S/C25H30F3N3O3/c1-4-30-12-14-31(15-13-30)21-10-9-19(26)16-20(21)17(2)29-23(32)11-8-18-6-5-7-22(33-3)24(18)34-25(27)28/h5-11,16-17,25H,4,12-15H2,1-3H3,(H,29,32)/b11-8+. The number of ether oxygens (including phenoxy) is 2. The van der Waals surface area contributed by atoms with E-state index in [4.69, 9.17) is 4.74 Å². The van der Waals surface area contributed by atoms with Crippen LogP contribution in [0.25, 0.3) is 6.08 Å². The van der Waals surface area contributed by atoms with Crippen molar-refractivity contribution in [3.8, 4) is 11.5 Å². The maximum Gasteiger partial charge on any atom is 0.387 e. The second kappa shape index (κ2) is 11.8. The highest BCUT2D eigenvalue weighted by Gasteiger charge is 2.21. The van der Waals surface area contributed by atoms with Gasteiger partial charge in [0.05, 0.1) is 13.2 Å². The van der Waals surface area contributed by atoms with Gasteiger partial charge in [-0.05, 0) is 43.8 Å². The number of benzene rings is 2. The molecular weight excluding hydrogens is 447 g/mol. The largest absolute Gasteiger partial charge is 0.493 e. The van der Waals surface area contributed by atoms with Crippen molar-refractivity contribution in [3.05, 3.63) is 59.4 Å². The molecule has 1 N–H and O–H groups in total. The van der Waals surface area contributed by atoms with Crippen molar-refractivity contribution in [1.82, 2.24) is 10.2 Å². The van der Waals surface area contributed by atoms with Crippen LogP contribution >= 0.6 is 0 Å². The summed E-state index contributed by atoms with van der Waals surface area (Å²) in [5.41, 5.74) is 1.83. The molecule has 6 nitrogen and oxygen atoms in total. The summed E-state index contributed by atoms with van der Waals surface area (Å²) >= 11 is 0. The molecule has 1 amide bonds. The molecule has 0 bridgehead atoms. The number of nitrogens with zero attached hydrogens (tertiary/aromatic N) is 2. The quantitative estimate of drug-likeness (QED) is 0.541. The highest BCUT2D eigenvalue weighted by Crippen LogP contribution is 2.33. The predicted octanol–water partition coefficient (Wildman–Crippen LogP) is 4.47. The maximum absolute atomic E-state index is 14.1. The van der Waals surface area contributed by atoms with Crippen molar-refractivity contribution in [2.75, 3.05) is 44.7 Å². The van der Waals surface area contributed by atoms with E-state index >= 15 is 0 Å². The number of methoxy groups -OCH3 is 1. The third kappa shape index (κ3) is 6.44. The fraction of sp³-hybridized carbons (Fsp3) is 0.400. The lowest BCUT2D eigenvalue weighted by molar-refractivity contribution is -0.117. The van der Waals surface area contributed by atoms with Crippen molar-refractivity contribution in [1.29, 1.82) is 0 Å². The van der Waals surface area contributed by atoms with Gasteiger partial charge in [0, 0.05) is 49.1 Å². The van der Waals surface area contributed by atoms with Crippen LogP contribution in [0.3, 0.4) is 0 Å². The highest BCUT2D eigenvalue weighted by molar-refractivity contribution is 5.92. The fourth-order valence-corrected chi connectivity index (χ4v) is 4.01. The van der Waals surface area contributed by atoms with Crippen LogP contribution in [0.1, 0.15) is 31.0 Å². The topological polar surface area (TPSA) is 54.0 Å². The first kappa shape index (κ1) is 25.4. The zero-order valence-electron chi connectivity index (χ0n) is 19.6. The molecule has 2 aromatic carbocycles. The molecule has 0 radical (unpaired) electrons. The molecule has 1 unspecified atom stereocenters. The summed E-state index contributed by atoms with van der Waals surface area (Å²) in [7, 11) is 1.34. The number of alkyl halides is 2. The van der Waals surface area contributed by atoms with Gasteiger partial charge in [0.15, 0.2) is 11.5 Å². The number of hydrogen-bond acceptors (Lipinski definition) is 5. The Bertz CT molecular complexity index is 1010. The Morgan fingerprint density at radius 3 is 2.56 bits per heavy atom. The number of likely N-dealkylation sites (N-methyl/N-ethyl adjacent to an activating group) is 1. The lowest BCUT2D eigenvalue weighted by atomic mass is 10.0. The average molecular weight is 478 g/mol. The third-order valence-corrected chi connectivity index (χ3v) is 5.83. The van der Waals surface area contributed by atoms with Crippen LogP contribution in [0.15, 0.2) is 42.5 Å². The van der Waals surface area contributed by atoms with Crippen LogP contribution in [0, 0.1) is 5.82 Å². The van der Waals surface area contributed by atoms with Gasteiger partial charge < -0.3 is 24.6 Å². The average Bonchev–Trinajstić information content (AvgIpc) is 2.83. The molecule has 1 aliphatic rings. The zero-order valence-corrected chi connectivity index (χ0v) is 19.6. The molecule has 2 aromatic rings. The monoisotopic (exact) mass is 477 g/mol. The number of nitrogens with one attached hydrogen (secondary N) is 1. The van der Waals surface area contributed by atoms with E-state index in [2.05, 4.69) is 26.8 Å². The Labute approximate surface area is 197 Å². The summed E-state index contributed by atoms with van der Waals surface area (Å²) < 4.78 is 49.4. The number of carbonyl (C=O) groups is 1. The molecule has 0 aromatic heterocycles. The SMILES string of the molecule is CCN1CCN(c2ccc(F)cc2C(C)NC(=O)/C=C/c2cccc(OC)c2OC(F)F)CC1. The minimum Gasteiger partial charge on any atom is -0.493 e. The lowest BCUT2D eigenvalue weighted by Crippen LogP contribution is -2.46. The maximum atomic E-state index is 14.1. The fourth-order valence-electron chi connectivity index (χ4n) is 4.01. The van der Waals surface area contributed by atoms with Crippen molar-refractivity contribution < 1.29 is 27.4 Å². The summed E-state index contributed by atoms with van der Waals surface area (Å²) in [6.07, 6.45) is 2.60. The smallest absolute Gasteiger partial charge is 0.387 e. The molecular formula is C25H30F3N3O3. The van der Waals surface area contributed by atoms with Gasteiger partial charge in [0.1, 0.15) is 5.82 Å². The van der Waals surface area contributed by atoms with Gasteiger partial charge in [-0.1, -0.05) is 19.1 Å². The molecule has 1 fully saturated rings. The Hall–Kier alpha value is -3.20. The molecule has 1 heterocycles. The van der Waals surface area contributed by atoms with Gasteiger partial charge in [0.25, 0.3) is 0 Å². The second-order valence-electron chi connectivity index (χ2n) is 7.95. The van der Waals surface area contributed by atoms with Crippen molar-refractivity contribution in [2.45, 2.75) is 26.5 Å². The first-order valence-corrected chi connectivity index (χ1v) is 11.2. The number of hydrogen-bond donors (Lipinski definition) is 1. The molecule has 0 spiro atoms. The number of rotatable bonds is 9. The molecule has 9 heteroatoms. The van der Waals surface area contributed by atoms with Crippen LogP contribution in [-0.4, -0.2) is 57.3 Å². The third-order valence-electron chi connectivity index (χ3n) is 5.83. The Kier molecular flexibility index (Phi) is 8.81. The van der Waals surface area contributed by atoms with Gasteiger partial charge in [-0.2, -0.15) is 8.78 Å². The van der Waals surface area contributed by atoms with Gasteiger partial charge in [0.2, 0.25) is 5.91 Å². The Morgan fingerprint density at radius 1 is 1.18 bits per heavy atom. The molecule has 0 saturated carbocycles. The van der Waals surface area contributed by atoms with Crippen LogP contribution in [0.2, 0.25) is 0 Å². The number of amides is 1. The number of carbonyl (C=O) groups excluding carboxylic acids is 1. The van der Waals surface area contributed by atoms with Crippen LogP contribution in [0.5, 0.6) is 11.5 Å². The number of halogens is 3. The van der Waals surface area contributed by atoms with Crippen LogP contribution < -0.4 is 19.7 Å². The molecule has 0 aliphatic carbocycles. The first-order chi connectivity index (χ1) is 16.3. The molecule has 3 rings (SSSR count). The van der Waals surface area contributed by atoms with E-state index in [1.54, 1.807) is 19.1 Å². The minimum atomic E-state index is -3.04. The van der Waals surface area contributed by atoms with Gasteiger partial charge in [-0.25, -0.2) is 4.39 Å².